The van der Waals surface area contributed by atoms with Crippen LogP contribution < -0.4 is 10.1 Å². The number of nitrogens with one attached hydrogen (secondary N) is 1. The van der Waals surface area contributed by atoms with E-state index < -0.39 is 23.5 Å². The predicted octanol–water partition coefficient (Wildman–Crippen LogP) is 8.37. The van der Waals surface area contributed by atoms with Crippen molar-refractivity contribution in [2.24, 2.45) is 11.8 Å². The largest absolute Gasteiger partial charge is 0.573 e. The van der Waals surface area contributed by atoms with Crippen LogP contribution in [0.25, 0.3) is 0 Å². The normalized spacial score (nSPS) is 21.8. The van der Waals surface area contributed by atoms with E-state index >= 15 is 0 Å². The van der Waals surface area contributed by atoms with Gasteiger partial charge in [0.15, 0.2) is 0 Å². The van der Waals surface area contributed by atoms with E-state index in [1.54, 1.807) is 0 Å². The maximum atomic E-state index is 13.9. The summed E-state index contributed by atoms with van der Waals surface area (Å²) in [5, 5.41) is 2.76. The third-order valence-electron chi connectivity index (χ3n) is 8.14. The van der Waals surface area contributed by atoms with Gasteiger partial charge in [0.1, 0.15) is 23.0 Å². The highest BCUT2D eigenvalue weighted by Crippen LogP contribution is 2.48. The van der Waals surface area contributed by atoms with Gasteiger partial charge in [-0.1, -0.05) is 37.6 Å². The summed E-state index contributed by atoms with van der Waals surface area (Å²) in [4.78, 5) is 13.3. The number of hydrogen-bond donors (Lipinski definition) is 1. The van der Waals surface area contributed by atoms with Crippen molar-refractivity contribution in [3.63, 3.8) is 0 Å². The standard InChI is InChI=1S/C32H38F5NO3/c1-3-4-24(25-7-11-27(33)12-8-25)6-5-21(2)15-22-13-14-31(40-20-22,26-9-10-26)30(39)38-19-23-16-28(34)18-29(17-23)41-32(35,36)37/h7-8,11-12,16-18,22,24,26H,2-6,9-10,13-15,19-20H2,1H3,(H,38,39)/t22-,24?,31-/m0/s1. The number of rotatable bonds is 13. The summed E-state index contributed by atoms with van der Waals surface area (Å²) < 4.78 is 75.0. The maximum Gasteiger partial charge on any atom is 0.573 e. The molecule has 1 heterocycles. The Bertz CT molecular complexity index is 1180. The second-order valence-electron chi connectivity index (χ2n) is 11.4. The molecule has 2 aromatic carbocycles. The van der Waals surface area contributed by atoms with Crippen molar-refractivity contribution in [2.45, 2.75) is 89.1 Å². The fourth-order valence-electron chi connectivity index (χ4n) is 5.93. The Labute approximate surface area is 238 Å². The summed E-state index contributed by atoms with van der Waals surface area (Å²) in [6.45, 7) is 6.72. The number of ether oxygens (including phenoxy) is 2. The van der Waals surface area contributed by atoms with Crippen LogP contribution in [-0.4, -0.2) is 24.5 Å². The molecule has 2 fully saturated rings. The van der Waals surface area contributed by atoms with Crippen LogP contribution in [-0.2, 0) is 16.1 Å². The number of allylic oxidation sites excluding steroid dienone is 1. The molecule has 224 valence electrons. The van der Waals surface area contributed by atoms with Crippen LogP contribution in [0.4, 0.5) is 22.0 Å². The molecule has 1 saturated heterocycles. The molecule has 41 heavy (non-hydrogen) atoms. The van der Waals surface area contributed by atoms with E-state index in [1.807, 2.05) is 12.1 Å². The summed E-state index contributed by atoms with van der Waals surface area (Å²) in [5.74, 6) is -1.43. The monoisotopic (exact) mass is 579 g/mol. The van der Waals surface area contributed by atoms with Crippen molar-refractivity contribution in [1.82, 2.24) is 5.32 Å². The Morgan fingerprint density at radius 3 is 2.44 bits per heavy atom. The molecule has 1 aliphatic heterocycles. The molecule has 4 rings (SSSR count). The van der Waals surface area contributed by atoms with E-state index in [2.05, 4.69) is 23.6 Å². The maximum absolute atomic E-state index is 13.9. The van der Waals surface area contributed by atoms with Gasteiger partial charge in [0.05, 0.1) is 6.61 Å². The van der Waals surface area contributed by atoms with Gasteiger partial charge in [0.2, 0.25) is 0 Å². The molecule has 0 spiro atoms. The van der Waals surface area contributed by atoms with Gasteiger partial charge in [-0.15, -0.1) is 13.2 Å². The zero-order chi connectivity index (χ0) is 29.6. The van der Waals surface area contributed by atoms with Crippen LogP contribution in [0.15, 0.2) is 54.6 Å². The van der Waals surface area contributed by atoms with Gasteiger partial charge in [-0.25, -0.2) is 8.78 Å². The van der Waals surface area contributed by atoms with Crippen molar-refractivity contribution in [2.75, 3.05) is 6.61 Å². The highest BCUT2D eigenvalue weighted by molar-refractivity contribution is 5.86. The van der Waals surface area contributed by atoms with Gasteiger partial charge < -0.3 is 14.8 Å². The number of carbonyl (C=O) groups excluding carboxylic acids is 1. The topological polar surface area (TPSA) is 47.6 Å². The molecule has 1 amide bonds. The third kappa shape index (κ3) is 8.77. The lowest BCUT2D eigenvalue weighted by atomic mass is 9.81. The average molecular weight is 580 g/mol. The number of carbonyl (C=O) groups is 1. The lowest BCUT2D eigenvalue weighted by molar-refractivity contribution is -0.274. The molecule has 0 radical (unpaired) electrons. The predicted molar refractivity (Wildman–Crippen MR) is 146 cm³/mol. The number of hydrogen-bond acceptors (Lipinski definition) is 3. The quantitative estimate of drug-likeness (QED) is 0.192. The number of alkyl halides is 3. The average Bonchev–Trinajstić information content (AvgIpc) is 3.76. The van der Waals surface area contributed by atoms with Crippen LogP contribution in [0, 0.1) is 23.5 Å². The molecule has 1 unspecified atom stereocenters. The lowest BCUT2D eigenvalue weighted by Gasteiger charge is -2.39. The van der Waals surface area contributed by atoms with Crippen LogP contribution >= 0.6 is 0 Å². The highest BCUT2D eigenvalue weighted by atomic mass is 19.4. The summed E-state index contributed by atoms with van der Waals surface area (Å²) in [7, 11) is 0. The van der Waals surface area contributed by atoms with Gasteiger partial charge in [-0.3, -0.25) is 4.79 Å². The molecule has 1 aliphatic carbocycles. The van der Waals surface area contributed by atoms with E-state index in [1.165, 1.54) is 12.1 Å². The zero-order valence-electron chi connectivity index (χ0n) is 23.4. The molecule has 9 heteroatoms. The first-order valence-corrected chi connectivity index (χ1v) is 14.4. The number of benzene rings is 2. The Morgan fingerprint density at radius 1 is 1.10 bits per heavy atom. The molecule has 3 atom stereocenters. The Morgan fingerprint density at radius 2 is 1.83 bits per heavy atom. The molecular formula is C32H38F5NO3. The highest BCUT2D eigenvalue weighted by Gasteiger charge is 2.53. The van der Waals surface area contributed by atoms with Crippen LogP contribution in [0.3, 0.4) is 0 Å². The SMILES string of the molecule is C=C(CCC(CCC)c1ccc(F)cc1)C[C@@H]1CC[C@@](C(=O)NCc2cc(F)cc(OC(F)(F)F)c2)(C2CC2)OC1. The first kappa shape index (κ1) is 31.0. The Hall–Kier alpha value is -2.94. The van der Waals surface area contributed by atoms with Crippen molar-refractivity contribution >= 4 is 5.91 Å². The van der Waals surface area contributed by atoms with Gasteiger partial charge in [0.25, 0.3) is 5.91 Å². The van der Waals surface area contributed by atoms with E-state index in [9.17, 15) is 26.7 Å². The first-order valence-electron chi connectivity index (χ1n) is 14.4. The summed E-state index contributed by atoms with van der Waals surface area (Å²) >= 11 is 0. The van der Waals surface area contributed by atoms with Gasteiger partial charge in [0, 0.05) is 12.6 Å². The molecular weight excluding hydrogens is 541 g/mol. The van der Waals surface area contributed by atoms with Gasteiger partial charge >= 0.3 is 6.36 Å². The van der Waals surface area contributed by atoms with Crippen molar-refractivity contribution in [3.8, 4) is 5.75 Å². The van der Waals surface area contributed by atoms with Gasteiger partial charge in [-0.2, -0.15) is 0 Å². The van der Waals surface area contributed by atoms with Gasteiger partial charge in [-0.05, 0) is 105 Å². The van der Waals surface area contributed by atoms with E-state index in [0.29, 0.717) is 25.0 Å². The smallest absolute Gasteiger partial charge is 0.406 e. The number of amides is 1. The molecule has 2 aliphatic rings. The van der Waals surface area contributed by atoms with Crippen LogP contribution in [0.2, 0.25) is 0 Å². The van der Waals surface area contributed by atoms with Crippen LogP contribution in [0.5, 0.6) is 5.75 Å². The second-order valence-corrected chi connectivity index (χ2v) is 11.4. The van der Waals surface area contributed by atoms with E-state index in [4.69, 9.17) is 4.74 Å². The van der Waals surface area contributed by atoms with E-state index in [-0.39, 0.29) is 35.7 Å². The van der Waals surface area contributed by atoms with E-state index in [0.717, 1.165) is 74.6 Å². The molecule has 0 aromatic heterocycles. The molecule has 1 N–H and O–H groups in total. The molecule has 2 aromatic rings. The number of halogens is 5. The van der Waals surface area contributed by atoms with Crippen molar-refractivity contribution in [1.29, 1.82) is 0 Å². The lowest BCUT2D eigenvalue weighted by Crippen LogP contribution is -2.53. The van der Waals surface area contributed by atoms with Crippen molar-refractivity contribution < 1.29 is 36.2 Å². The first-order chi connectivity index (χ1) is 19.5. The summed E-state index contributed by atoms with van der Waals surface area (Å²) in [6.07, 6.45) is 2.81. The minimum atomic E-state index is -4.94. The Kier molecular flexibility index (Phi) is 10.1. The van der Waals surface area contributed by atoms with Crippen molar-refractivity contribution in [3.05, 3.63) is 77.4 Å². The summed E-state index contributed by atoms with van der Waals surface area (Å²) in [5.41, 5.74) is 1.46. The molecule has 4 nitrogen and oxygen atoms in total. The fraction of sp³-hybridized carbons (Fsp3) is 0.531. The minimum absolute atomic E-state index is 0.0915. The minimum Gasteiger partial charge on any atom is -0.406 e. The van der Waals surface area contributed by atoms with Crippen LogP contribution in [0.1, 0.15) is 81.8 Å². The zero-order valence-corrected chi connectivity index (χ0v) is 23.4. The second kappa shape index (κ2) is 13.4. The molecule has 0 bridgehead atoms. The Balaban J connectivity index is 1.28. The third-order valence-corrected chi connectivity index (χ3v) is 8.14. The molecule has 1 saturated carbocycles. The fourth-order valence-corrected chi connectivity index (χ4v) is 5.93. The summed E-state index contributed by atoms with van der Waals surface area (Å²) in [6, 6.07) is 9.51.